The average Bonchev–Trinajstić information content (AvgIpc) is 3.34. The minimum Gasteiger partial charge on any atom is -0.504 e. The van der Waals surface area contributed by atoms with Crippen molar-refractivity contribution in [1.29, 1.82) is 0 Å². The molecule has 4 atom stereocenters. The third-order valence-corrected chi connectivity index (χ3v) is 6.87. The number of carbonyl (C=O) groups excluding carboxylic acids is 1. The van der Waals surface area contributed by atoms with Gasteiger partial charge in [-0.15, -0.1) is 0 Å². The molecular weight excluding hydrogens is 412 g/mol. The van der Waals surface area contributed by atoms with Crippen LogP contribution in [0, 0.1) is 5.92 Å². The summed E-state index contributed by atoms with van der Waals surface area (Å²) >= 11 is 0. The lowest BCUT2D eigenvalue weighted by Gasteiger charge is -2.38. The van der Waals surface area contributed by atoms with Crippen LogP contribution in [0.4, 0.5) is 5.69 Å². The summed E-state index contributed by atoms with van der Waals surface area (Å²) in [5.74, 6) is 0.898. The highest BCUT2D eigenvalue weighted by atomic mass is 16.5. The first kappa shape index (κ1) is 21.1. The third-order valence-electron chi connectivity index (χ3n) is 6.87. The summed E-state index contributed by atoms with van der Waals surface area (Å²) in [6.07, 6.45) is 5.32. The van der Waals surface area contributed by atoms with E-state index in [0.717, 1.165) is 28.8 Å². The number of fused-ring (bicyclic) bond motifs is 3. The summed E-state index contributed by atoms with van der Waals surface area (Å²) in [5, 5.41) is 17.6. The summed E-state index contributed by atoms with van der Waals surface area (Å²) in [4.78, 5) is 13.4. The SMILES string of the molecule is COc1cccc(C2Nc3c(C(=O)NC(C)c4ccccc4)cccc3C3C=CCC32)c1O. The smallest absolute Gasteiger partial charge is 0.253 e. The number of para-hydroxylation sites is 2. The molecule has 3 N–H and O–H groups in total. The first-order valence-electron chi connectivity index (χ1n) is 11.4. The Morgan fingerprint density at radius 1 is 1.06 bits per heavy atom. The molecule has 0 spiro atoms. The molecule has 3 aromatic carbocycles. The minimum atomic E-state index is -0.145. The number of benzene rings is 3. The fourth-order valence-electron chi connectivity index (χ4n) is 5.17. The quantitative estimate of drug-likeness (QED) is 0.444. The monoisotopic (exact) mass is 440 g/mol. The van der Waals surface area contributed by atoms with Gasteiger partial charge in [0.2, 0.25) is 0 Å². The lowest BCUT2D eigenvalue weighted by atomic mass is 9.76. The predicted octanol–water partition coefficient (Wildman–Crippen LogP) is 5.72. The molecule has 4 unspecified atom stereocenters. The van der Waals surface area contributed by atoms with Crippen LogP contribution in [0.5, 0.6) is 11.5 Å². The van der Waals surface area contributed by atoms with Gasteiger partial charge in [0.25, 0.3) is 5.91 Å². The summed E-state index contributed by atoms with van der Waals surface area (Å²) in [5.41, 5.74) is 4.40. The van der Waals surface area contributed by atoms with E-state index >= 15 is 0 Å². The molecule has 0 bridgehead atoms. The van der Waals surface area contributed by atoms with Crippen LogP contribution in [0.15, 0.2) is 78.9 Å². The van der Waals surface area contributed by atoms with Crippen LogP contribution in [-0.2, 0) is 0 Å². The van der Waals surface area contributed by atoms with Crippen molar-refractivity contribution in [1.82, 2.24) is 5.32 Å². The van der Waals surface area contributed by atoms with Crippen molar-refractivity contribution in [3.63, 3.8) is 0 Å². The maximum absolute atomic E-state index is 13.4. The number of hydrogen-bond acceptors (Lipinski definition) is 4. The van der Waals surface area contributed by atoms with Gasteiger partial charge >= 0.3 is 0 Å². The predicted molar refractivity (Wildman–Crippen MR) is 130 cm³/mol. The molecule has 5 heteroatoms. The fourth-order valence-corrected chi connectivity index (χ4v) is 5.17. The lowest BCUT2D eigenvalue weighted by molar-refractivity contribution is 0.0940. The van der Waals surface area contributed by atoms with Crippen LogP contribution >= 0.6 is 0 Å². The number of anilines is 1. The molecule has 0 fully saturated rings. The maximum atomic E-state index is 13.4. The Hall–Kier alpha value is -3.73. The van der Waals surface area contributed by atoms with Crippen LogP contribution in [0.1, 0.15) is 58.4 Å². The number of ether oxygens (including phenoxy) is 1. The lowest BCUT2D eigenvalue weighted by Crippen LogP contribution is -2.33. The molecule has 1 heterocycles. The fraction of sp³-hybridized carbons (Fsp3) is 0.250. The van der Waals surface area contributed by atoms with Gasteiger partial charge in [0.1, 0.15) is 0 Å². The van der Waals surface area contributed by atoms with E-state index in [1.807, 2.05) is 61.5 Å². The number of phenolic OH excluding ortho intramolecular Hbond substituents is 1. The van der Waals surface area contributed by atoms with Gasteiger partial charge in [0.15, 0.2) is 11.5 Å². The average molecular weight is 441 g/mol. The van der Waals surface area contributed by atoms with E-state index in [4.69, 9.17) is 4.74 Å². The molecule has 1 aliphatic heterocycles. The Balaban J connectivity index is 1.51. The molecule has 3 aromatic rings. The summed E-state index contributed by atoms with van der Waals surface area (Å²) in [6.45, 7) is 1.99. The Morgan fingerprint density at radius 3 is 2.61 bits per heavy atom. The number of phenols is 1. The zero-order chi connectivity index (χ0) is 22.9. The van der Waals surface area contributed by atoms with E-state index < -0.39 is 0 Å². The van der Waals surface area contributed by atoms with E-state index in [1.165, 1.54) is 0 Å². The van der Waals surface area contributed by atoms with Crippen LogP contribution in [0.2, 0.25) is 0 Å². The Morgan fingerprint density at radius 2 is 1.82 bits per heavy atom. The van der Waals surface area contributed by atoms with Crippen molar-refractivity contribution in [2.45, 2.75) is 31.3 Å². The summed E-state index contributed by atoms with van der Waals surface area (Å²) < 4.78 is 5.35. The van der Waals surface area contributed by atoms with Crippen molar-refractivity contribution in [2.75, 3.05) is 12.4 Å². The van der Waals surface area contributed by atoms with Crippen LogP contribution < -0.4 is 15.4 Å². The number of aromatic hydroxyl groups is 1. The molecule has 0 aromatic heterocycles. The van der Waals surface area contributed by atoms with E-state index in [1.54, 1.807) is 13.2 Å². The molecule has 1 amide bonds. The van der Waals surface area contributed by atoms with Crippen molar-refractivity contribution in [2.24, 2.45) is 5.92 Å². The molecule has 33 heavy (non-hydrogen) atoms. The number of carbonyl (C=O) groups is 1. The molecule has 0 radical (unpaired) electrons. The molecule has 0 saturated heterocycles. The highest BCUT2D eigenvalue weighted by Crippen LogP contribution is 2.52. The molecule has 2 aliphatic rings. The van der Waals surface area contributed by atoms with E-state index in [-0.39, 0.29) is 35.6 Å². The largest absolute Gasteiger partial charge is 0.504 e. The number of allylic oxidation sites excluding steroid dienone is 2. The Bertz CT molecular complexity index is 1210. The first-order chi connectivity index (χ1) is 16.1. The highest BCUT2D eigenvalue weighted by molar-refractivity contribution is 6.01. The van der Waals surface area contributed by atoms with Crippen LogP contribution in [-0.4, -0.2) is 18.1 Å². The summed E-state index contributed by atoms with van der Waals surface area (Å²) in [7, 11) is 1.55. The van der Waals surface area contributed by atoms with Crippen LogP contribution in [0.25, 0.3) is 0 Å². The molecular formula is C28H28N2O3. The number of hydrogen-bond donors (Lipinski definition) is 3. The maximum Gasteiger partial charge on any atom is 0.253 e. The Labute approximate surface area is 194 Å². The number of amides is 1. The minimum absolute atomic E-state index is 0.115. The normalized spacial score (nSPS) is 21.5. The Kier molecular flexibility index (Phi) is 5.55. The van der Waals surface area contributed by atoms with Crippen molar-refractivity contribution in [3.8, 4) is 11.5 Å². The topological polar surface area (TPSA) is 70.6 Å². The van der Waals surface area contributed by atoms with Crippen LogP contribution in [0.3, 0.4) is 0 Å². The van der Waals surface area contributed by atoms with E-state index in [0.29, 0.717) is 11.3 Å². The van der Waals surface area contributed by atoms with Crippen molar-refractivity contribution < 1.29 is 14.6 Å². The van der Waals surface area contributed by atoms with Crippen molar-refractivity contribution >= 4 is 11.6 Å². The summed E-state index contributed by atoms with van der Waals surface area (Å²) in [6, 6.07) is 21.2. The number of methoxy groups -OCH3 is 1. The van der Waals surface area contributed by atoms with Gasteiger partial charge in [-0.05, 0) is 42.5 Å². The molecule has 1 aliphatic carbocycles. The molecule has 5 rings (SSSR count). The third kappa shape index (κ3) is 3.74. The molecule has 0 saturated carbocycles. The van der Waals surface area contributed by atoms with Gasteiger partial charge in [-0.25, -0.2) is 0 Å². The van der Waals surface area contributed by atoms with Gasteiger partial charge < -0.3 is 20.5 Å². The van der Waals surface area contributed by atoms with Crippen molar-refractivity contribution in [3.05, 3.63) is 101 Å². The van der Waals surface area contributed by atoms with Gasteiger partial charge in [-0.3, -0.25) is 4.79 Å². The molecule has 5 nitrogen and oxygen atoms in total. The number of nitrogens with one attached hydrogen (secondary N) is 2. The van der Waals surface area contributed by atoms with Gasteiger partial charge in [0, 0.05) is 11.5 Å². The van der Waals surface area contributed by atoms with E-state index in [2.05, 4.69) is 28.9 Å². The standard InChI is InChI=1S/C28H28N2O3/c1-17(18-9-4-3-5-10-18)29-28(32)23-15-7-13-21-19-11-6-12-20(19)25(30-26(21)23)22-14-8-16-24(33-2)27(22)31/h3-11,13-17,19-20,25,30-31H,12H2,1-2H3,(H,29,32). The number of rotatable bonds is 5. The second-order valence-corrected chi connectivity index (χ2v) is 8.75. The van der Waals surface area contributed by atoms with Gasteiger partial charge in [-0.1, -0.05) is 66.7 Å². The highest BCUT2D eigenvalue weighted by Gasteiger charge is 2.40. The van der Waals surface area contributed by atoms with E-state index in [9.17, 15) is 9.90 Å². The zero-order valence-corrected chi connectivity index (χ0v) is 18.8. The first-order valence-corrected chi connectivity index (χ1v) is 11.4. The second-order valence-electron chi connectivity index (χ2n) is 8.75. The second kappa shape index (κ2) is 8.66. The molecule has 168 valence electrons. The van der Waals surface area contributed by atoms with Gasteiger partial charge in [0.05, 0.1) is 30.4 Å². The zero-order valence-electron chi connectivity index (χ0n) is 18.8. The van der Waals surface area contributed by atoms with Gasteiger partial charge in [-0.2, -0.15) is 0 Å².